The highest BCUT2D eigenvalue weighted by Crippen LogP contribution is 2.28. The standard InChI is InChI=1S/C59H83N21O13/c1-31(73-47(81)14-6-7-23-69-56(61)62)49(83)74-33-16-20-44(91-3)37(28-33)50(84)79-41(12-9-25-71-58(65)66)54(88)76-35-18-22-46(93-5)39(30-35)52(86)80-42(13-10-26-72-59(67)68)55(89)77-34-17-21-45(92-4)38(29-34)51(85)78-40(11-8-24-70-57(63)64)53(87)75-32-15-19-43(90-2)36(27-32)48(60)82/h15-22,27-31,40-42H,6-14,23-26H2,1-5H3,(H2,60,82)(H,73,81)(H,74,83)(H,75,87)(H,76,88)(H,77,89)(H,78,85)(H,79,84)(H,80,86)(H4,61,62,69)(H4,63,64,70)(H4,65,66,71)(H4,67,68,72)/t31-,40-,41-,42-/m0/s1. The molecule has 0 unspecified atom stereocenters. The van der Waals surface area contributed by atoms with Crippen molar-refractivity contribution in [3.63, 3.8) is 0 Å². The second-order valence-corrected chi connectivity index (χ2v) is 20.6. The van der Waals surface area contributed by atoms with Crippen LogP contribution in [0.5, 0.6) is 23.0 Å². The van der Waals surface area contributed by atoms with E-state index in [1.807, 2.05) is 0 Å². The van der Waals surface area contributed by atoms with Crippen molar-refractivity contribution in [1.82, 2.24) is 42.5 Å². The van der Waals surface area contributed by atoms with Gasteiger partial charge in [0.2, 0.25) is 29.5 Å². The van der Waals surface area contributed by atoms with E-state index in [0.29, 0.717) is 19.4 Å². The molecular weight excluding hydrogens is 1210 g/mol. The van der Waals surface area contributed by atoms with Gasteiger partial charge in [0.15, 0.2) is 23.8 Å². The molecule has 0 fully saturated rings. The van der Waals surface area contributed by atoms with Gasteiger partial charge in [-0.05, 0) is 131 Å². The summed E-state index contributed by atoms with van der Waals surface area (Å²) in [5.74, 6) is -7.41. The lowest BCUT2D eigenvalue weighted by molar-refractivity contribution is -0.126. The first-order valence-corrected chi connectivity index (χ1v) is 29.1. The van der Waals surface area contributed by atoms with Crippen molar-refractivity contribution in [2.24, 2.45) is 28.7 Å². The van der Waals surface area contributed by atoms with Crippen LogP contribution in [0.15, 0.2) is 72.8 Å². The van der Waals surface area contributed by atoms with E-state index in [-0.39, 0.29) is 162 Å². The fourth-order valence-electron chi connectivity index (χ4n) is 8.92. The summed E-state index contributed by atoms with van der Waals surface area (Å²) in [7, 11) is 5.24. The maximum atomic E-state index is 14.4. The van der Waals surface area contributed by atoms with Gasteiger partial charge in [0, 0.05) is 55.3 Å². The molecule has 4 rings (SSSR count). The number of nitrogens with one attached hydrogen (secondary N) is 16. The highest BCUT2D eigenvalue weighted by molar-refractivity contribution is 6.08. The second-order valence-electron chi connectivity index (χ2n) is 20.6. The zero-order valence-corrected chi connectivity index (χ0v) is 52.1. The van der Waals surface area contributed by atoms with Crippen LogP contribution in [0.1, 0.15) is 106 Å². The maximum Gasteiger partial charge on any atom is 0.255 e. The van der Waals surface area contributed by atoms with E-state index in [0.717, 1.165) is 0 Å². The Morgan fingerprint density at radius 1 is 0.387 bits per heavy atom. The number of anilines is 4. The van der Waals surface area contributed by atoms with Gasteiger partial charge in [-0.2, -0.15) is 0 Å². The molecule has 0 saturated heterocycles. The Kier molecular flexibility index (Phi) is 29.7. The third-order valence-electron chi connectivity index (χ3n) is 13.6. The van der Waals surface area contributed by atoms with E-state index in [2.05, 4.69) is 63.8 Å². The molecule has 34 heteroatoms. The monoisotopic (exact) mass is 1290 g/mol. The quantitative estimate of drug-likeness (QED) is 0.0159. The van der Waals surface area contributed by atoms with Crippen LogP contribution in [-0.2, 0) is 24.0 Å². The van der Waals surface area contributed by atoms with Gasteiger partial charge < -0.3 is 111 Å². The van der Waals surface area contributed by atoms with Crippen molar-refractivity contribution < 1.29 is 62.1 Å². The number of carbonyl (C=O) groups is 9. The minimum atomic E-state index is -1.33. The molecule has 34 nitrogen and oxygen atoms in total. The number of hydrogen-bond acceptors (Lipinski definition) is 17. The van der Waals surface area contributed by atoms with E-state index in [9.17, 15) is 43.2 Å². The van der Waals surface area contributed by atoms with Gasteiger partial charge in [0.25, 0.3) is 23.6 Å². The topological polar surface area (TPSA) is 560 Å². The summed E-state index contributed by atoms with van der Waals surface area (Å²) >= 11 is 0. The maximum absolute atomic E-state index is 14.4. The van der Waals surface area contributed by atoms with Crippen LogP contribution in [0.4, 0.5) is 22.7 Å². The zero-order valence-electron chi connectivity index (χ0n) is 52.1. The largest absolute Gasteiger partial charge is 0.496 e. The van der Waals surface area contributed by atoms with Crippen molar-refractivity contribution in [3.05, 3.63) is 95.1 Å². The molecule has 4 atom stereocenters. The number of benzene rings is 4. The number of rotatable bonds is 37. The average molecular weight is 1290 g/mol. The van der Waals surface area contributed by atoms with Crippen LogP contribution in [-0.4, -0.2) is 156 Å². The van der Waals surface area contributed by atoms with Gasteiger partial charge in [0.05, 0.1) is 50.7 Å². The van der Waals surface area contributed by atoms with E-state index < -0.39 is 71.4 Å². The van der Waals surface area contributed by atoms with Crippen LogP contribution >= 0.6 is 0 Å². The van der Waals surface area contributed by atoms with Gasteiger partial charge in [-0.15, -0.1) is 0 Å². The molecule has 9 amide bonds. The Hall–Kier alpha value is -11.6. The van der Waals surface area contributed by atoms with Crippen LogP contribution in [0.25, 0.3) is 0 Å². The number of hydrogen-bond donors (Lipinski definition) is 21. The number of ether oxygens (including phenoxy) is 4. The summed E-state index contributed by atoms with van der Waals surface area (Å²) in [6.45, 7) is 2.29. The molecule has 26 N–H and O–H groups in total. The molecular formula is C59H83N21O13. The normalized spacial score (nSPS) is 11.8. The number of guanidine groups is 4. The second kappa shape index (κ2) is 37.4. The lowest BCUT2D eigenvalue weighted by atomic mass is 10.1. The Morgan fingerprint density at radius 2 is 0.667 bits per heavy atom. The van der Waals surface area contributed by atoms with Crippen molar-refractivity contribution in [2.45, 2.75) is 88.9 Å². The smallest absolute Gasteiger partial charge is 0.255 e. The fourth-order valence-corrected chi connectivity index (χ4v) is 8.92. The Labute approximate surface area is 535 Å². The third-order valence-corrected chi connectivity index (χ3v) is 13.6. The zero-order chi connectivity index (χ0) is 68.7. The summed E-state index contributed by atoms with van der Waals surface area (Å²) in [4.78, 5) is 123. The van der Waals surface area contributed by atoms with Gasteiger partial charge in [-0.3, -0.25) is 64.8 Å². The van der Waals surface area contributed by atoms with Crippen molar-refractivity contribution in [3.8, 4) is 23.0 Å². The highest BCUT2D eigenvalue weighted by atomic mass is 16.5. The SMILES string of the molecule is COc1ccc(NC(=O)[C@H](CCCNC(=N)N)NC(=O)c2cc(NC(=O)[C@H](CCCNC(=N)N)NC(=O)c3cc(NC(=O)[C@H](CCCNC(=N)N)NC(=O)c4cc(NC(=O)[C@H](C)NC(=O)CCCCNC(=N)N)ccc4OC)ccc3OC)ccc2OC)cc1C(N)=O. The summed E-state index contributed by atoms with van der Waals surface area (Å²) in [5.41, 5.74) is 27.3. The minimum absolute atomic E-state index is 0.0152. The fraction of sp³-hybridized carbons (Fsp3) is 0.373. The van der Waals surface area contributed by atoms with Crippen LogP contribution in [0, 0.1) is 21.6 Å². The van der Waals surface area contributed by atoms with Crippen molar-refractivity contribution in [1.29, 1.82) is 21.6 Å². The lowest BCUT2D eigenvalue weighted by Crippen LogP contribution is -2.45. The molecule has 0 aromatic heterocycles. The van der Waals surface area contributed by atoms with Crippen LogP contribution < -0.4 is 111 Å². The summed E-state index contributed by atoms with van der Waals surface area (Å²) < 4.78 is 21.7. The van der Waals surface area contributed by atoms with Gasteiger partial charge in [0.1, 0.15) is 47.2 Å². The van der Waals surface area contributed by atoms with Gasteiger partial charge in [-0.1, -0.05) is 0 Å². The predicted molar refractivity (Wildman–Crippen MR) is 348 cm³/mol. The molecule has 0 spiro atoms. The highest BCUT2D eigenvalue weighted by Gasteiger charge is 2.29. The molecule has 502 valence electrons. The molecule has 93 heavy (non-hydrogen) atoms. The summed E-state index contributed by atoms with van der Waals surface area (Å²) in [6, 6.07) is 11.7. The van der Waals surface area contributed by atoms with Crippen molar-refractivity contribution >= 4 is 99.8 Å². The third kappa shape index (κ3) is 24.7. The molecule has 0 aliphatic carbocycles. The minimum Gasteiger partial charge on any atom is -0.496 e. The van der Waals surface area contributed by atoms with Crippen LogP contribution in [0.2, 0.25) is 0 Å². The molecule has 0 saturated carbocycles. The number of methoxy groups -OCH3 is 4. The summed E-state index contributed by atoms with van der Waals surface area (Å²) in [5, 5.41) is 62.0. The molecule has 4 aromatic rings. The number of unbranched alkanes of at least 4 members (excludes halogenated alkanes) is 1. The first-order valence-electron chi connectivity index (χ1n) is 29.1. The number of amides is 9. The molecule has 0 aliphatic rings. The molecule has 0 aliphatic heterocycles. The van der Waals surface area contributed by atoms with Gasteiger partial charge in [-0.25, -0.2) is 0 Å². The lowest BCUT2D eigenvalue weighted by Gasteiger charge is -2.22. The first kappa shape index (κ1) is 73.9. The number of nitrogens with two attached hydrogens (primary N) is 5. The van der Waals surface area contributed by atoms with E-state index in [1.54, 1.807) is 0 Å². The molecule has 0 radical (unpaired) electrons. The summed E-state index contributed by atoms with van der Waals surface area (Å²) in [6.07, 6.45) is 1.70. The first-order chi connectivity index (χ1) is 44.3. The predicted octanol–water partition coefficient (Wildman–Crippen LogP) is -0.0824. The average Bonchev–Trinajstić information content (AvgIpc) is 1.02. The van der Waals surface area contributed by atoms with Crippen molar-refractivity contribution in [2.75, 3.05) is 75.9 Å². The Morgan fingerprint density at radius 3 is 0.957 bits per heavy atom. The van der Waals surface area contributed by atoms with E-state index >= 15 is 0 Å². The molecule has 4 aromatic carbocycles. The number of primary amides is 1. The molecule has 0 bridgehead atoms. The van der Waals surface area contributed by atoms with Crippen LogP contribution in [0.3, 0.4) is 0 Å². The van der Waals surface area contributed by atoms with Gasteiger partial charge >= 0.3 is 0 Å². The Balaban J connectivity index is 1.58. The van der Waals surface area contributed by atoms with E-state index in [4.69, 9.17) is 69.3 Å². The number of carbonyl (C=O) groups excluding carboxylic acids is 9. The Bertz CT molecular complexity index is 3380. The molecule has 0 heterocycles. The van der Waals surface area contributed by atoms with E-state index in [1.165, 1.54) is 108 Å².